The Kier molecular flexibility index (Phi) is 4.34. The molecule has 2 fully saturated rings. The number of ether oxygens (including phenoxy) is 1. The summed E-state index contributed by atoms with van der Waals surface area (Å²) in [5.74, 6) is 0. The molecule has 2 atom stereocenters. The molecule has 21 heavy (non-hydrogen) atoms. The molecule has 0 aliphatic carbocycles. The van der Waals surface area contributed by atoms with Gasteiger partial charge in [-0.05, 0) is 44.7 Å². The van der Waals surface area contributed by atoms with E-state index >= 15 is 0 Å². The average Bonchev–Trinajstić information content (AvgIpc) is 2.76. The van der Waals surface area contributed by atoms with Crippen LogP contribution in [0.25, 0.3) is 0 Å². The van der Waals surface area contributed by atoms with Crippen molar-refractivity contribution in [2.75, 3.05) is 13.1 Å². The van der Waals surface area contributed by atoms with Crippen LogP contribution >= 0.6 is 0 Å². The van der Waals surface area contributed by atoms with Crippen molar-refractivity contribution in [3.63, 3.8) is 0 Å². The van der Waals surface area contributed by atoms with Gasteiger partial charge in [0.25, 0.3) is 0 Å². The number of hydrogen-bond acceptors (Lipinski definition) is 3. The Morgan fingerprint density at radius 1 is 1.05 bits per heavy atom. The molecule has 3 nitrogen and oxygen atoms in total. The summed E-state index contributed by atoms with van der Waals surface area (Å²) < 4.78 is 5.90. The van der Waals surface area contributed by atoms with Gasteiger partial charge in [0.1, 0.15) is 0 Å². The quantitative estimate of drug-likeness (QED) is 0.922. The molecule has 0 saturated carbocycles. The lowest BCUT2D eigenvalue weighted by Crippen LogP contribution is -2.41. The molecule has 2 bridgehead atoms. The van der Waals surface area contributed by atoms with Crippen LogP contribution in [0.3, 0.4) is 0 Å². The first-order valence-electron chi connectivity index (χ1n) is 8.19. The molecule has 2 aliphatic heterocycles. The molecule has 1 aromatic carbocycles. The first-order valence-corrected chi connectivity index (χ1v) is 8.19. The third kappa shape index (κ3) is 4.29. The van der Waals surface area contributed by atoms with E-state index in [1.807, 2.05) is 0 Å². The maximum Gasteiger partial charge on any atom is 0.0707 e. The molecule has 0 amide bonds. The standard InChI is InChI=1S/C18H28N2O/c1-18(2,3)19-10-14-4-6-15(7-5-14)11-20-12-16-8-9-17(13-20)21-16/h4-7,16-17,19H,8-13H2,1-3H3. The van der Waals surface area contributed by atoms with E-state index in [0.29, 0.717) is 12.2 Å². The van der Waals surface area contributed by atoms with Crippen molar-refractivity contribution in [1.29, 1.82) is 0 Å². The van der Waals surface area contributed by atoms with Gasteiger partial charge in [0.2, 0.25) is 0 Å². The van der Waals surface area contributed by atoms with Crippen LogP contribution in [0.1, 0.15) is 44.7 Å². The van der Waals surface area contributed by atoms with Gasteiger partial charge in [-0.3, -0.25) is 4.90 Å². The summed E-state index contributed by atoms with van der Waals surface area (Å²) in [4.78, 5) is 2.55. The lowest BCUT2D eigenvalue weighted by molar-refractivity contribution is -0.0410. The fourth-order valence-corrected chi connectivity index (χ4v) is 3.22. The van der Waals surface area contributed by atoms with E-state index in [1.54, 1.807) is 0 Å². The summed E-state index contributed by atoms with van der Waals surface area (Å²) in [5, 5.41) is 3.53. The van der Waals surface area contributed by atoms with Gasteiger partial charge in [-0.25, -0.2) is 0 Å². The summed E-state index contributed by atoms with van der Waals surface area (Å²) in [6.45, 7) is 10.8. The molecule has 3 heteroatoms. The smallest absolute Gasteiger partial charge is 0.0707 e. The molecule has 1 N–H and O–H groups in total. The summed E-state index contributed by atoms with van der Waals surface area (Å²) in [7, 11) is 0. The number of nitrogens with zero attached hydrogens (tertiary/aromatic N) is 1. The maximum absolute atomic E-state index is 5.90. The number of likely N-dealkylation sites (tertiary alicyclic amines) is 1. The molecule has 2 unspecified atom stereocenters. The minimum Gasteiger partial charge on any atom is -0.372 e. The molecule has 3 rings (SSSR count). The summed E-state index contributed by atoms with van der Waals surface area (Å²) in [6, 6.07) is 9.06. The highest BCUT2D eigenvalue weighted by molar-refractivity contribution is 5.22. The van der Waals surface area contributed by atoms with E-state index in [-0.39, 0.29) is 5.54 Å². The average molecular weight is 288 g/mol. The minimum atomic E-state index is 0.172. The Hall–Kier alpha value is -0.900. The van der Waals surface area contributed by atoms with Gasteiger partial charge < -0.3 is 10.1 Å². The zero-order valence-corrected chi connectivity index (χ0v) is 13.6. The molecular formula is C18H28N2O. The van der Waals surface area contributed by atoms with E-state index in [1.165, 1.54) is 24.0 Å². The van der Waals surface area contributed by atoms with E-state index in [4.69, 9.17) is 4.74 Å². The molecule has 1 aromatic rings. The van der Waals surface area contributed by atoms with Gasteiger partial charge in [-0.2, -0.15) is 0 Å². The van der Waals surface area contributed by atoms with Gasteiger partial charge in [0, 0.05) is 31.7 Å². The zero-order chi connectivity index (χ0) is 14.9. The highest BCUT2D eigenvalue weighted by Gasteiger charge is 2.33. The van der Waals surface area contributed by atoms with Gasteiger partial charge in [0.15, 0.2) is 0 Å². The molecule has 0 aromatic heterocycles. The molecule has 2 saturated heterocycles. The number of morpholine rings is 1. The number of hydrogen-bond donors (Lipinski definition) is 1. The highest BCUT2D eigenvalue weighted by Crippen LogP contribution is 2.27. The van der Waals surface area contributed by atoms with E-state index in [2.05, 4.69) is 55.3 Å². The molecule has 2 heterocycles. The number of rotatable bonds is 4. The largest absolute Gasteiger partial charge is 0.372 e. The van der Waals surface area contributed by atoms with Crippen molar-refractivity contribution in [2.24, 2.45) is 0 Å². The molecule has 0 radical (unpaired) electrons. The van der Waals surface area contributed by atoms with Crippen LogP contribution in [0, 0.1) is 0 Å². The Balaban J connectivity index is 1.52. The van der Waals surface area contributed by atoms with Gasteiger partial charge in [0.05, 0.1) is 12.2 Å². The first-order chi connectivity index (χ1) is 9.98. The number of benzene rings is 1. The summed E-state index contributed by atoms with van der Waals surface area (Å²) >= 11 is 0. The Labute approximate surface area is 128 Å². The van der Waals surface area contributed by atoms with Gasteiger partial charge in [-0.15, -0.1) is 0 Å². The van der Waals surface area contributed by atoms with E-state index in [9.17, 15) is 0 Å². The monoisotopic (exact) mass is 288 g/mol. The normalized spacial score (nSPS) is 26.2. The SMILES string of the molecule is CC(C)(C)NCc1ccc(CN2CC3CCC(C2)O3)cc1. The highest BCUT2D eigenvalue weighted by atomic mass is 16.5. The van der Waals surface area contributed by atoms with Crippen LogP contribution in [0.2, 0.25) is 0 Å². The summed E-state index contributed by atoms with van der Waals surface area (Å²) in [5.41, 5.74) is 2.94. The van der Waals surface area contributed by atoms with Crippen molar-refractivity contribution in [3.8, 4) is 0 Å². The number of fused-ring (bicyclic) bond motifs is 2. The van der Waals surface area contributed by atoms with E-state index < -0.39 is 0 Å². The Morgan fingerprint density at radius 2 is 1.62 bits per heavy atom. The van der Waals surface area contributed by atoms with Crippen molar-refractivity contribution >= 4 is 0 Å². The second-order valence-electron chi connectivity index (χ2n) is 7.57. The molecular weight excluding hydrogens is 260 g/mol. The lowest BCUT2D eigenvalue weighted by Gasteiger charge is -2.32. The molecule has 0 spiro atoms. The van der Waals surface area contributed by atoms with Gasteiger partial charge in [-0.1, -0.05) is 24.3 Å². The summed E-state index contributed by atoms with van der Waals surface area (Å²) in [6.07, 6.45) is 3.47. The predicted molar refractivity (Wildman–Crippen MR) is 86.2 cm³/mol. The lowest BCUT2D eigenvalue weighted by atomic mass is 10.1. The van der Waals surface area contributed by atoms with Gasteiger partial charge >= 0.3 is 0 Å². The van der Waals surface area contributed by atoms with Crippen LogP contribution in [0.15, 0.2) is 24.3 Å². The Bertz CT molecular complexity index is 451. The molecule has 2 aliphatic rings. The van der Waals surface area contributed by atoms with Crippen molar-refractivity contribution in [3.05, 3.63) is 35.4 Å². The third-order valence-electron chi connectivity index (χ3n) is 4.37. The predicted octanol–water partition coefficient (Wildman–Crippen LogP) is 2.94. The van der Waals surface area contributed by atoms with Crippen LogP contribution in [-0.4, -0.2) is 35.7 Å². The van der Waals surface area contributed by atoms with E-state index in [0.717, 1.165) is 26.2 Å². The second kappa shape index (κ2) is 6.07. The van der Waals surface area contributed by atoms with Crippen molar-refractivity contribution in [2.45, 2.75) is 64.4 Å². The zero-order valence-electron chi connectivity index (χ0n) is 13.6. The number of nitrogens with one attached hydrogen (secondary N) is 1. The fourth-order valence-electron chi connectivity index (χ4n) is 3.22. The van der Waals surface area contributed by atoms with Crippen LogP contribution in [-0.2, 0) is 17.8 Å². The second-order valence-corrected chi connectivity index (χ2v) is 7.57. The minimum absolute atomic E-state index is 0.172. The Morgan fingerprint density at radius 3 is 2.19 bits per heavy atom. The van der Waals surface area contributed by atoms with Crippen molar-refractivity contribution < 1.29 is 4.74 Å². The van der Waals surface area contributed by atoms with Crippen LogP contribution < -0.4 is 5.32 Å². The maximum atomic E-state index is 5.90. The molecule has 116 valence electrons. The van der Waals surface area contributed by atoms with Crippen molar-refractivity contribution in [1.82, 2.24) is 10.2 Å². The first kappa shape index (κ1) is 15.0. The van der Waals surface area contributed by atoms with Crippen LogP contribution in [0.4, 0.5) is 0 Å². The third-order valence-corrected chi connectivity index (χ3v) is 4.37. The fraction of sp³-hybridized carbons (Fsp3) is 0.667. The van der Waals surface area contributed by atoms with Crippen LogP contribution in [0.5, 0.6) is 0 Å². The topological polar surface area (TPSA) is 24.5 Å².